The van der Waals surface area contributed by atoms with Gasteiger partial charge in [-0.05, 0) is 62.2 Å². The lowest BCUT2D eigenvalue weighted by Gasteiger charge is -2.34. The molecule has 0 aliphatic carbocycles. The zero-order chi connectivity index (χ0) is 21.2. The van der Waals surface area contributed by atoms with E-state index < -0.39 is 0 Å². The first-order valence-corrected chi connectivity index (χ1v) is 11.8. The molecule has 3 nitrogen and oxygen atoms in total. The van der Waals surface area contributed by atoms with Crippen molar-refractivity contribution in [3.8, 4) is 0 Å². The molecule has 1 aliphatic rings. The molecular formula is C27H38N2O. The van der Waals surface area contributed by atoms with E-state index in [4.69, 9.17) is 0 Å². The van der Waals surface area contributed by atoms with E-state index in [0.717, 1.165) is 38.9 Å². The van der Waals surface area contributed by atoms with Crippen LogP contribution in [0.5, 0.6) is 0 Å². The van der Waals surface area contributed by atoms with Crippen LogP contribution in [0.25, 0.3) is 0 Å². The van der Waals surface area contributed by atoms with Crippen molar-refractivity contribution in [3.63, 3.8) is 0 Å². The maximum Gasteiger partial charge on any atom is 0.237 e. The van der Waals surface area contributed by atoms with Crippen molar-refractivity contribution >= 4 is 5.91 Å². The first-order chi connectivity index (χ1) is 14.6. The van der Waals surface area contributed by atoms with Gasteiger partial charge >= 0.3 is 0 Å². The Balaban J connectivity index is 1.56. The lowest BCUT2D eigenvalue weighted by molar-refractivity contribution is -0.127. The molecule has 162 valence electrons. The third-order valence-corrected chi connectivity index (χ3v) is 6.20. The van der Waals surface area contributed by atoms with Gasteiger partial charge < -0.3 is 5.32 Å². The summed E-state index contributed by atoms with van der Waals surface area (Å²) < 4.78 is 0. The predicted molar refractivity (Wildman–Crippen MR) is 126 cm³/mol. The SMILES string of the molecule is CC(C)C[C@@H](C(=O)NCCCC(c1ccccc1)c1ccccc1)N1CCCCC1. The first-order valence-electron chi connectivity index (χ1n) is 11.8. The lowest BCUT2D eigenvalue weighted by atomic mass is 9.87. The summed E-state index contributed by atoms with van der Waals surface area (Å²) in [5.74, 6) is 1.13. The van der Waals surface area contributed by atoms with E-state index in [1.54, 1.807) is 0 Å². The van der Waals surface area contributed by atoms with Crippen molar-refractivity contribution in [3.05, 3.63) is 71.8 Å². The molecular weight excluding hydrogens is 368 g/mol. The summed E-state index contributed by atoms with van der Waals surface area (Å²) in [5, 5.41) is 3.26. The Morgan fingerprint density at radius 1 is 0.900 bits per heavy atom. The van der Waals surface area contributed by atoms with Gasteiger partial charge in [0.05, 0.1) is 6.04 Å². The van der Waals surface area contributed by atoms with Crippen molar-refractivity contribution < 1.29 is 4.79 Å². The van der Waals surface area contributed by atoms with Crippen molar-refractivity contribution in [2.45, 2.75) is 64.3 Å². The van der Waals surface area contributed by atoms with Crippen LogP contribution in [-0.2, 0) is 4.79 Å². The average molecular weight is 407 g/mol. The monoisotopic (exact) mass is 406 g/mol. The molecule has 1 N–H and O–H groups in total. The number of carbonyl (C=O) groups is 1. The molecule has 0 saturated carbocycles. The molecule has 1 atom stereocenters. The van der Waals surface area contributed by atoms with Gasteiger partial charge in [-0.2, -0.15) is 0 Å². The first kappa shape index (κ1) is 22.6. The Hall–Kier alpha value is -2.13. The Kier molecular flexibility index (Phi) is 8.95. The van der Waals surface area contributed by atoms with Crippen LogP contribution in [0.4, 0.5) is 0 Å². The molecule has 1 amide bonds. The van der Waals surface area contributed by atoms with Crippen LogP contribution in [0, 0.1) is 5.92 Å². The normalized spacial score (nSPS) is 16.0. The van der Waals surface area contributed by atoms with Crippen molar-refractivity contribution in [1.82, 2.24) is 10.2 Å². The van der Waals surface area contributed by atoms with Gasteiger partial charge in [0.1, 0.15) is 0 Å². The number of nitrogens with zero attached hydrogens (tertiary/aromatic N) is 1. The minimum Gasteiger partial charge on any atom is -0.355 e. The largest absolute Gasteiger partial charge is 0.355 e. The number of nitrogens with one attached hydrogen (secondary N) is 1. The molecule has 1 heterocycles. The van der Waals surface area contributed by atoms with Gasteiger partial charge in [-0.3, -0.25) is 9.69 Å². The van der Waals surface area contributed by atoms with Crippen molar-refractivity contribution in [2.24, 2.45) is 5.92 Å². The Labute approximate surface area is 182 Å². The second-order valence-electron chi connectivity index (χ2n) is 9.05. The summed E-state index contributed by atoms with van der Waals surface area (Å²) in [6, 6.07) is 21.5. The van der Waals surface area contributed by atoms with E-state index in [2.05, 4.69) is 84.7 Å². The molecule has 2 aromatic carbocycles. The number of piperidine rings is 1. The van der Waals surface area contributed by atoms with Gasteiger partial charge in [0.25, 0.3) is 0 Å². The third-order valence-electron chi connectivity index (χ3n) is 6.20. The maximum atomic E-state index is 13.0. The third kappa shape index (κ3) is 6.70. The fourth-order valence-corrected chi connectivity index (χ4v) is 4.63. The standard InChI is InChI=1S/C27H38N2O/c1-22(2)21-26(29-19-10-5-11-20-29)27(30)28-18-12-17-25(23-13-6-3-7-14-23)24-15-8-4-9-16-24/h3-4,6-9,13-16,22,25-26H,5,10-12,17-21H2,1-2H3,(H,28,30)/t26-/m0/s1. The Bertz CT molecular complexity index is 698. The van der Waals surface area contributed by atoms with E-state index in [1.165, 1.54) is 30.4 Å². The van der Waals surface area contributed by atoms with E-state index in [1.807, 2.05) is 0 Å². The van der Waals surface area contributed by atoms with Crippen LogP contribution < -0.4 is 5.32 Å². The zero-order valence-corrected chi connectivity index (χ0v) is 18.7. The number of benzene rings is 2. The molecule has 1 fully saturated rings. The quantitative estimate of drug-likeness (QED) is 0.520. The number of hydrogen-bond acceptors (Lipinski definition) is 2. The molecule has 1 saturated heterocycles. The van der Waals surface area contributed by atoms with Gasteiger partial charge in [-0.15, -0.1) is 0 Å². The second kappa shape index (κ2) is 11.9. The number of amides is 1. The van der Waals surface area contributed by atoms with E-state index >= 15 is 0 Å². The highest BCUT2D eigenvalue weighted by molar-refractivity contribution is 5.81. The minimum absolute atomic E-state index is 0.0318. The van der Waals surface area contributed by atoms with Crippen LogP contribution in [0.15, 0.2) is 60.7 Å². The smallest absolute Gasteiger partial charge is 0.237 e. The summed E-state index contributed by atoms with van der Waals surface area (Å²) in [7, 11) is 0. The number of rotatable bonds is 10. The molecule has 1 aliphatic heterocycles. The summed E-state index contributed by atoms with van der Waals surface area (Å²) >= 11 is 0. The Morgan fingerprint density at radius 3 is 2.00 bits per heavy atom. The molecule has 2 aromatic rings. The zero-order valence-electron chi connectivity index (χ0n) is 18.7. The fourth-order valence-electron chi connectivity index (χ4n) is 4.63. The highest BCUT2D eigenvalue weighted by Gasteiger charge is 2.27. The molecule has 0 radical (unpaired) electrons. The molecule has 0 unspecified atom stereocenters. The molecule has 30 heavy (non-hydrogen) atoms. The molecule has 0 spiro atoms. The number of carbonyl (C=O) groups excluding carboxylic acids is 1. The van der Waals surface area contributed by atoms with E-state index in [0.29, 0.717) is 11.8 Å². The highest BCUT2D eigenvalue weighted by atomic mass is 16.2. The van der Waals surface area contributed by atoms with Crippen LogP contribution in [0.2, 0.25) is 0 Å². The lowest BCUT2D eigenvalue weighted by Crippen LogP contribution is -2.49. The summed E-state index contributed by atoms with van der Waals surface area (Å²) in [5.41, 5.74) is 2.70. The number of likely N-dealkylation sites (tertiary alicyclic amines) is 1. The minimum atomic E-state index is 0.0318. The van der Waals surface area contributed by atoms with Crippen LogP contribution in [0.3, 0.4) is 0 Å². The molecule has 3 rings (SSSR count). The van der Waals surface area contributed by atoms with Crippen LogP contribution in [-0.4, -0.2) is 36.5 Å². The van der Waals surface area contributed by atoms with Gasteiger partial charge in [0, 0.05) is 12.5 Å². The van der Waals surface area contributed by atoms with Gasteiger partial charge in [-0.25, -0.2) is 0 Å². The maximum absolute atomic E-state index is 13.0. The topological polar surface area (TPSA) is 32.3 Å². The second-order valence-corrected chi connectivity index (χ2v) is 9.05. The molecule has 0 bridgehead atoms. The Morgan fingerprint density at radius 2 is 1.47 bits per heavy atom. The van der Waals surface area contributed by atoms with E-state index in [9.17, 15) is 4.79 Å². The number of hydrogen-bond donors (Lipinski definition) is 1. The highest BCUT2D eigenvalue weighted by Crippen LogP contribution is 2.28. The van der Waals surface area contributed by atoms with E-state index in [-0.39, 0.29) is 11.9 Å². The van der Waals surface area contributed by atoms with Crippen molar-refractivity contribution in [2.75, 3.05) is 19.6 Å². The van der Waals surface area contributed by atoms with Gasteiger partial charge in [-0.1, -0.05) is 80.9 Å². The van der Waals surface area contributed by atoms with Gasteiger partial charge in [0.15, 0.2) is 0 Å². The van der Waals surface area contributed by atoms with Crippen molar-refractivity contribution in [1.29, 1.82) is 0 Å². The fraction of sp³-hybridized carbons (Fsp3) is 0.519. The predicted octanol–water partition coefficient (Wildman–Crippen LogP) is 5.62. The summed E-state index contributed by atoms with van der Waals surface area (Å²) in [4.78, 5) is 15.4. The summed E-state index contributed by atoms with van der Waals surface area (Å²) in [6.45, 7) is 7.31. The average Bonchev–Trinajstić information content (AvgIpc) is 2.79. The molecule has 0 aromatic heterocycles. The van der Waals surface area contributed by atoms with Crippen LogP contribution >= 0.6 is 0 Å². The van der Waals surface area contributed by atoms with Gasteiger partial charge in [0.2, 0.25) is 5.91 Å². The summed E-state index contributed by atoms with van der Waals surface area (Å²) in [6.07, 6.45) is 6.70. The molecule has 3 heteroatoms. The van der Waals surface area contributed by atoms with Crippen LogP contribution in [0.1, 0.15) is 69.4 Å².